The highest BCUT2D eigenvalue weighted by atomic mass is 32.1. The van der Waals surface area contributed by atoms with Crippen molar-refractivity contribution in [2.24, 2.45) is 0 Å². The van der Waals surface area contributed by atoms with Gasteiger partial charge in [0.25, 0.3) is 5.56 Å². The van der Waals surface area contributed by atoms with Crippen molar-refractivity contribution in [2.45, 2.75) is 19.4 Å². The van der Waals surface area contributed by atoms with E-state index in [-0.39, 0.29) is 5.56 Å². The van der Waals surface area contributed by atoms with E-state index in [4.69, 9.17) is 9.47 Å². The van der Waals surface area contributed by atoms with Gasteiger partial charge in [-0.15, -0.1) is 11.3 Å². The molecule has 0 fully saturated rings. The van der Waals surface area contributed by atoms with E-state index in [1.54, 1.807) is 15.9 Å². The molecule has 6 nitrogen and oxygen atoms in total. The van der Waals surface area contributed by atoms with Crippen molar-refractivity contribution < 1.29 is 14.3 Å². The maximum atomic E-state index is 12.4. The fourth-order valence-electron chi connectivity index (χ4n) is 2.85. The van der Waals surface area contributed by atoms with Crippen LogP contribution in [0.2, 0.25) is 0 Å². The third-order valence-electron chi connectivity index (χ3n) is 4.01. The number of nitrogens with zero attached hydrogens (tertiary/aromatic N) is 1. The number of aromatic nitrogens is 1. The Kier molecular flexibility index (Phi) is 5.32. The van der Waals surface area contributed by atoms with Gasteiger partial charge in [0, 0.05) is 49.1 Å². The Balaban J connectivity index is 1.92. The molecule has 1 aliphatic heterocycles. The number of thiophene rings is 1. The van der Waals surface area contributed by atoms with Crippen LogP contribution >= 0.6 is 11.3 Å². The Labute approximate surface area is 144 Å². The second-order valence-corrected chi connectivity index (χ2v) is 6.52. The topological polar surface area (TPSA) is 69.6 Å². The molecule has 7 heteroatoms. The van der Waals surface area contributed by atoms with Crippen LogP contribution in [-0.2, 0) is 24.1 Å². The number of hydrogen-bond acceptors (Lipinski definition) is 6. The molecule has 2 aromatic rings. The number of nitrogens with one attached hydrogen (secondary N) is 1. The van der Waals surface area contributed by atoms with Gasteiger partial charge in [-0.2, -0.15) is 0 Å². The van der Waals surface area contributed by atoms with Crippen molar-refractivity contribution in [3.63, 3.8) is 0 Å². The fourth-order valence-corrected chi connectivity index (χ4v) is 3.54. The summed E-state index contributed by atoms with van der Waals surface area (Å²) in [6, 6.07) is 5.42. The molecule has 3 heterocycles. The smallest absolute Gasteiger partial charge is 0.343 e. The maximum Gasteiger partial charge on any atom is 0.343 e. The summed E-state index contributed by atoms with van der Waals surface area (Å²) in [6.45, 7) is 2.35. The predicted octanol–water partition coefficient (Wildman–Crippen LogP) is 1.46. The minimum absolute atomic E-state index is 0.146. The Morgan fingerprint density at radius 1 is 1.42 bits per heavy atom. The molecule has 0 saturated carbocycles. The lowest BCUT2D eigenvalue weighted by Crippen LogP contribution is -2.28. The van der Waals surface area contributed by atoms with Gasteiger partial charge in [-0.1, -0.05) is 6.07 Å². The number of hydrogen-bond donors (Lipinski definition) is 1. The Morgan fingerprint density at radius 3 is 3.04 bits per heavy atom. The van der Waals surface area contributed by atoms with E-state index in [1.165, 1.54) is 18.1 Å². The third-order valence-corrected chi connectivity index (χ3v) is 4.94. The number of carbonyl (C=O) groups is 1. The molecule has 0 aliphatic carbocycles. The molecule has 0 atom stereocenters. The van der Waals surface area contributed by atoms with Crippen LogP contribution in [0.4, 0.5) is 0 Å². The number of carbonyl (C=O) groups excluding carboxylic acids is 1. The maximum absolute atomic E-state index is 12.4. The van der Waals surface area contributed by atoms with Crippen molar-refractivity contribution in [3.8, 4) is 5.75 Å². The number of pyridine rings is 1. The summed E-state index contributed by atoms with van der Waals surface area (Å²) in [5.41, 5.74) is 0.907. The predicted molar refractivity (Wildman–Crippen MR) is 92.1 cm³/mol. The summed E-state index contributed by atoms with van der Waals surface area (Å²) in [6.07, 6.45) is 1.32. The molecule has 1 aliphatic rings. The van der Waals surface area contributed by atoms with Gasteiger partial charge in [-0.05, 0) is 11.4 Å². The van der Waals surface area contributed by atoms with Gasteiger partial charge in [0.15, 0.2) is 0 Å². The first-order valence-electron chi connectivity index (χ1n) is 7.91. The highest BCUT2D eigenvalue weighted by molar-refractivity contribution is 7.09. The zero-order chi connectivity index (χ0) is 16.9. The van der Waals surface area contributed by atoms with Crippen LogP contribution < -0.4 is 15.6 Å². The van der Waals surface area contributed by atoms with E-state index in [0.717, 1.165) is 6.42 Å². The van der Waals surface area contributed by atoms with Crippen LogP contribution in [0.25, 0.3) is 0 Å². The zero-order valence-electron chi connectivity index (χ0n) is 13.5. The Morgan fingerprint density at radius 2 is 2.29 bits per heavy atom. The molecule has 0 unspecified atom stereocenters. The fraction of sp³-hybridized carbons (Fsp3) is 0.412. The Bertz CT molecular complexity index is 768. The quantitative estimate of drug-likeness (QED) is 0.829. The van der Waals surface area contributed by atoms with E-state index in [9.17, 15) is 9.59 Å². The van der Waals surface area contributed by atoms with Gasteiger partial charge in [-0.25, -0.2) is 4.79 Å². The molecule has 0 saturated heterocycles. The number of esters is 1. The number of ether oxygens (including phenoxy) is 2. The first-order chi connectivity index (χ1) is 11.7. The van der Waals surface area contributed by atoms with Gasteiger partial charge in [-0.3, -0.25) is 4.79 Å². The van der Waals surface area contributed by atoms with Crippen LogP contribution in [0, 0.1) is 0 Å². The molecular formula is C17H20N2O4S. The van der Waals surface area contributed by atoms with Gasteiger partial charge >= 0.3 is 5.97 Å². The van der Waals surface area contributed by atoms with Crippen molar-refractivity contribution in [2.75, 3.05) is 26.8 Å². The van der Waals surface area contributed by atoms with E-state index in [2.05, 4.69) is 5.32 Å². The summed E-state index contributed by atoms with van der Waals surface area (Å²) in [7, 11) is 1.34. The van der Waals surface area contributed by atoms with E-state index in [0.29, 0.717) is 49.7 Å². The van der Waals surface area contributed by atoms with Crippen molar-refractivity contribution in [1.82, 2.24) is 9.88 Å². The van der Waals surface area contributed by atoms with Crippen molar-refractivity contribution in [1.29, 1.82) is 0 Å². The first kappa shape index (κ1) is 16.7. The average molecular weight is 348 g/mol. The average Bonchev–Trinajstić information content (AvgIpc) is 2.97. The number of fused-ring (bicyclic) bond motifs is 1. The van der Waals surface area contributed by atoms with Crippen LogP contribution in [0.1, 0.15) is 20.9 Å². The normalized spacial score (nSPS) is 13.9. The SMILES string of the molecule is COC(=O)c1c(OCCc2cccs2)cc(=O)n2c1CCNCC2. The van der Waals surface area contributed by atoms with Gasteiger partial charge < -0.3 is 19.4 Å². The van der Waals surface area contributed by atoms with E-state index < -0.39 is 5.97 Å². The van der Waals surface area contributed by atoms with Gasteiger partial charge in [0.05, 0.1) is 13.7 Å². The van der Waals surface area contributed by atoms with Crippen LogP contribution in [0.5, 0.6) is 5.75 Å². The van der Waals surface area contributed by atoms with E-state index >= 15 is 0 Å². The molecule has 0 bridgehead atoms. The molecule has 24 heavy (non-hydrogen) atoms. The highest BCUT2D eigenvalue weighted by Gasteiger charge is 2.24. The third kappa shape index (κ3) is 3.52. The van der Waals surface area contributed by atoms with Crippen LogP contribution in [0.3, 0.4) is 0 Å². The molecule has 1 N–H and O–H groups in total. The summed E-state index contributed by atoms with van der Waals surface area (Å²) >= 11 is 1.66. The summed E-state index contributed by atoms with van der Waals surface area (Å²) < 4.78 is 12.4. The minimum Gasteiger partial charge on any atom is -0.492 e. The molecule has 128 valence electrons. The first-order valence-corrected chi connectivity index (χ1v) is 8.79. The molecule has 0 aromatic carbocycles. The number of rotatable bonds is 5. The summed E-state index contributed by atoms with van der Waals surface area (Å²) in [5.74, 6) is -0.150. The highest BCUT2D eigenvalue weighted by Crippen LogP contribution is 2.23. The van der Waals surface area contributed by atoms with Crippen molar-refractivity contribution in [3.05, 3.63) is 50.1 Å². The second kappa shape index (κ2) is 7.63. The van der Waals surface area contributed by atoms with Gasteiger partial charge in [0.2, 0.25) is 0 Å². The van der Waals surface area contributed by atoms with E-state index in [1.807, 2.05) is 17.5 Å². The summed E-state index contributed by atoms with van der Waals surface area (Å²) in [4.78, 5) is 25.9. The molecule has 0 amide bonds. The molecule has 3 rings (SSSR count). The Hall–Kier alpha value is -2.12. The lowest BCUT2D eigenvalue weighted by Gasteiger charge is -2.17. The molecule has 0 spiro atoms. The van der Waals surface area contributed by atoms with Crippen LogP contribution in [0.15, 0.2) is 28.4 Å². The summed E-state index contributed by atoms with van der Waals surface area (Å²) in [5, 5.41) is 5.25. The largest absolute Gasteiger partial charge is 0.492 e. The second-order valence-electron chi connectivity index (χ2n) is 5.49. The standard InChI is InChI=1S/C17H20N2O4S/c1-22-17(21)16-13-4-6-18-7-8-19(13)15(20)11-14(16)23-9-5-12-3-2-10-24-12/h2-3,10-11,18H,4-9H2,1H3. The van der Waals surface area contributed by atoms with Crippen molar-refractivity contribution >= 4 is 17.3 Å². The van der Waals surface area contributed by atoms with Gasteiger partial charge in [0.1, 0.15) is 11.3 Å². The zero-order valence-corrected chi connectivity index (χ0v) is 14.4. The lowest BCUT2D eigenvalue weighted by molar-refractivity contribution is 0.0593. The van der Waals surface area contributed by atoms with Crippen LogP contribution in [-0.4, -0.2) is 37.3 Å². The molecule has 2 aromatic heterocycles. The number of methoxy groups -OCH3 is 1. The lowest BCUT2D eigenvalue weighted by atomic mass is 10.1. The monoisotopic (exact) mass is 348 g/mol. The minimum atomic E-state index is -0.466. The molecule has 0 radical (unpaired) electrons. The molecular weight excluding hydrogens is 328 g/mol.